The molecular weight excluding hydrogens is 491 g/mol. The molecule has 3 aromatic rings. The topological polar surface area (TPSA) is 78.8 Å². The number of amides is 1. The number of nitrogens with zero attached hydrogens (tertiary/aromatic N) is 2. The Kier molecular flexibility index (Phi) is 6.07. The molecule has 0 aromatic heterocycles. The monoisotopic (exact) mass is 513 g/mol. The molecule has 0 atom stereocenters. The van der Waals surface area contributed by atoms with Crippen molar-refractivity contribution in [2.75, 3.05) is 10.2 Å². The van der Waals surface area contributed by atoms with Crippen LogP contribution in [0.15, 0.2) is 82.1 Å². The maximum atomic E-state index is 13.2. The molecule has 0 bridgehead atoms. The van der Waals surface area contributed by atoms with Gasteiger partial charge in [0.25, 0.3) is 15.9 Å². The van der Waals surface area contributed by atoms with Crippen molar-refractivity contribution in [1.82, 2.24) is 0 Å². The van der Waals surface area contributed by atoms with Gasteiger partial charge in [0.15, 0.2) is 0 Å². The van der Waals surface area contributed by atoms with E-state index < -0.39 is 27.7 Å². The zero-order chi connectivity index (χ0) is 25.5. The summed E-state index contributed by atoms with van der Waals surface area (Å²) in [4.78, 5) is 14.4. The van der Waals surface area contributed by atoms with Gasteiger partial charge in [-0.2, -0.15) is 21.6 Å². The molecule has 1 aliphatic carbocycles. The van der Waals surface area contributed by atoms with Crippen LogP contribution >= 0.6 is 0 Å². The quantitative estimate of drug-likeness (QED) is 0.439. The first kappa shape index (κ1) is 24.1. The van der Waals surface area contributed by atoms with Crippen molar-refractivity contribution in [2.24, 2.45) is 10.3 Å². The number of alkyl halides is 3. The third kappa shape index (κ3) is 4.60. The molecule has 10 heteroatoms. The van der Waals surface area contributed by atoms with E-state index in [1.54, 1.807) is 12.1 Å². The number of carbonyl (C=O) groups excluding carboxylic acids is 1. The van der Waals surface area contributed by atoms with Crippen molar-refractivity contribution in [3.63, 3.8) is 0 Å². The minimum atomic E-state index is -4.51. The minimum Gasteiger partial charge on any atom is -0.322 e. The summed E-state index contributed by atoms with van der Waals surface area (Å²) in [6.45, 7) is 0. The van der Waals surface area contributed by atoms with Crippen molar-refractivity contribution in [1.29, 1.82) is 0 Å². The number of para-hydroxylation sites is 1. The number of sulfonamides is 1. The molecule has 3 aromatic carbocycles. The fraction of sp³-hybridized carbons (Fsp3) is 0.231. The number of fused-ring (bicyclic) bond motifs is 1. The van der Waals surface area contributed by atoms with E-state index in [1.165, 1.54) is 6.07 Å². The second-order valence-corrected chi connectivity index (χ2v) is 10.4. The molecule has 1 heterocycles. The predicted octanol–water partition coefficient (Wildman–Crippen LogP) is 6.39. The molecule has 6 nitrogen and oxygen atoms in total. The van der Waals surface area contributed by atoms with E-state index >= 15 is 0 Å². The molecule has 1 aliphatic heterocycles. The van der Waals surface area contributed by atoms with E-state index in [0.717, 1.165) is 55.6 Å². The van der Waals surface area contributed by atoms with Crippen LogP contribution in [0.5, 0.6) is 0 Å². The standard InChI is InChI=1S/C26H22F3N3O3S/c27-26(28,29)19-12-10-18(11-13-19)25(33)30-20-14-15-22-23(16-20)36(34,35)31-24(17-6-4-5-7-17)32(22)21-8-2-1-3-9-21/h1-3,8-17H,4-7H2,(H,30,33). The molecular formula is C26H22F3N3O3S. The van der Waals surface area contributed by atoms with E-state index in [4.69, 9.17) is 0 Å². The first-order chi connectivity index (χ1) is 17.1. The van der Waals surface area contributed by atoms with Gasteiger partial charge in [0.1, 0.15) is 10.7 Å². The number of halogens is 3. The number of benzene rings is 3. The minimum absolute atomic E-state index is 0.0102. The van der Waals surface area contributed by atoms with Crippen LogP contribution in [-0.4, -0.2) is 20.2 Å². The van der Waals surface area contributed by atoms with Gasteiger partial charge in [-0.25, -0.2) is 0 Å². The van der Waals surface area contributed by atoms with E-state index in [0.29, 0.717) is 11.5 Å². The second-order valence-electron chi connectivity index (χ2n) is 8.79. The highest BCUT2D eigenvalue weighted by Gasteiger charge is 2.37. The second kappa shape index (κ2) is 9.09. The first-order valence-corrected chi connectivity index (χ1v) is 12.9. The van der Waals surface area contributed by atoms with E-state index in [9.17, 15) is 26.4 Å². The maximum absolute atomic E-state index is 13.2. The molecule has 2 aliphatic rings. The van der Waals surface area contributed by atoms with Crippen molar-refractivity contribution in [2.45, 2.75) is 36.8 Å². The third-order valence-electron chi connectivity index (χ3n) is 6.39. The van der Waals surface area contributed by atoms with Crippen LogP contribution in [0.4, 0.5) is 30.2 Å². The SMILES string of the molecule is O=C(Nc1ccc2c(c1)S(=O)(=O)N=C(C1CCCC1)N2c1ccccc1)c1ccc(C(F)(F)F)cc1. The lowest BCUT2D eigenvalue weighted by atomic mass is 10.0. The van der Waals surface area contributed by atoms with E-state index in [2.05, 4.69) is 9.71 Å². The molecule has 1 saturated carbocycles. The summed E-state index contributed by atoms with van der Waals surface area (Å²) < 4.78 is 69.1. The van der Waals surface area contributed by atoms with Crippen molar-refractivity contribution in [3.05, 3.63) is 83.9 Å². The summed E-state index contributed by atoms with van der Waals surface area (Å²) in [5.74, 6) is -0.146. The third-order valence-corrected chi connectivity index (χ3v) is 7.70. The number of hydrogen-bond donors (Lipinski definition) is 1. The molecule has 0 spiro atoms. The fourth-order valence-corrected chi connectivity index (χ4v) is 5.90. The number of hydrogen-bond acceptors (Lipinski definition) is 4. The van der Waals surface area contributed by atoms with Crippen LogP contribution in [-0.2, 0) is 16.2 Å². The molecule has 1 amide bonds. The van der Waals surface area contributed by atoms with E-state index in [1.807, 2.05) is 35.2 Å². The van der Waals surface area contributed by atoms with Gasteiger partial charge in [-0.3, -0.25) is 9.69 Å². The summed E-state index contributed by atoms with van der Waals surface area (Å²) in [5.41, 5.74) is 0.549. The number of rotatable bonds is 4. The largest absolute Gasteiger partial charge is 0.416 e. The van der Waals surface area contributed by atoms with Crippen LogP contribution in [0.1, 0.15) is 41.6 Å². The number of amidine groups is 1. The average Bonchev–Trinajstić information content (AvgIpc) is 3.39. The van der Waals surface area contributed by atoms with Crippen molar-refractivity contribution < 1.29 is 26.4 Å². The Morgan fingerprint density at radius 3 is 2.25 bits per heavy atom. The molecule has 0 radical (unpaired) electrons. The molecule has 0 unspecified atom stereocenters. The highest BCUT2D eigenvalue weighted by atomic mass is 32.2. The number of carbonyl (C=O) groups is 1. The Hall–Kier alpha value is -3.66. The summed E-state index contributed by atoms with van der Waals surface area (Å²) in [6.07, 6.45) is -0.783. The van der Waals surface area contributed by atoms with Crippen LogP contribution in [0, 0.1) is 5.92 Å². The van der Waals surface area contributed by atoms with Gasteiger partial charge in [0.05, 0.1) is 11.3 Å². The maximum Gasteiger partial charge on any atom is 0.416 e. The lowest BCUT2D eigenvalue weighted by Crippen LogP contribution is -2.36. The van der Waals surface area contributed by atoms with Crippen molar-refractivity contribution in [3.8, 4) is 0 Å². The molecule has 5 rings (SSSR count). The summed E-state index contributed by atoms with van der Waals surface area (Å²) >= 11 is 0. The summed E-state index contributed by atoms with van der Waals surface area (Å²) in [6, 6.07) is 17.7. The highest BCUT2D eigenvalue weighted by molar-refractivity contribution is 7.90. The normalized spacial score (nSPS) is 17.4. The van der Waals surface area contributed by atoms with Gasteiger partial charge in [-0.05, 0) is 67.4 Å². The van der Waals surface area contributed by atoms with Gasteiger partial charge in [-0.15, -0.1) is 4.40 Å². The fourth-order valence-electron chi connectivity index (χ4n) is 4.62. The lowest BCUT2D eigenvalue weighted by Gasteiger charge is -2.33. The van der Waals surface area contributed by atoms with Gasteiger partial charge in [0.2, 0.25) is 0 Å². The Bertz CT molecular complexity index is 1430. The summed E-state index contributed by atoms with van der Waals surface area (Å²) in [7, 11) is -4.04. The average molecular weight is 514 g/mol. The van der Waals surface area contributed by atoms with Crippen LogP contribution in [0.25, 0.3) is 0 Å². The van der Waals surface area contributed by atoms with Gasteiger partial charge in [0, 0.05) is 22.9 Å². The number of anilines is 3. The molecule has 36 heavy (non-hydrogen) atoms. The van der Waals surface area contributed by atoms with Crippen LogP contribution in [0.3, 0.4) is 0 Å². The first-order valence-electron chi connectivity index (χ1n) is 11.5. The lowest BCUT2D eigenvalue weighted by molar-refractivity contribution is -0.137. The van der Waals surface area contributed by atoms with Crippen LogP contribution in [0.2, 0.25) is 0 Å². The highest BCUT2D eigenvalue weighted by Crippen LogP contribution is 2.42. The van der Waals surface area contributed by atoms with Crippen LogP contribution < -0.4 is 10.2 Å². The Morgan fingerprint density at radius 2 is 1.61 bits per heavy atom. The molecule has 1 N–H and O–H groups in total. The molecule has 0 saturated heterocycles. The van der Waals surface area contributed by atoms with E-state index in [-0.39, 0.29) is 22.1 Å². The van der Waals surface area contributed by atoms with Gasteiger partial charge in [-0.1, -0.05) is 31.0 Å². The Labute approximate surface area is 206 Å². The van der Waals surface area contributed by atoms with Gasteiger partial charge < -0.3 is 5.32 Å². The predicted molar refractivity (Wildman–Crippen MR) is 131 cm³/mol. The zero-order valence-electron chi connectivity index (χ0n) is 19.0. The Morgan fingerprint density at radius 1 is 0.944 bits per heavy atom. The van der Waals surface area contributed by atoms with Crippen molar-refractivity contribution >= 4 is 38.8 Å². The number of nitrogens with one attached hydrogen (secondary N) is 1. The molecule has 186 valence electrons. The zero-order valence-corrected chi connectivity index (χ0v) is 19.8. The molecule has 1 fully saturated rings. The Balaban J connectivity index is 1.49. The summed E-state index contributed by atoms with van der Waals surface area (Å²) in [5, 5.41) is 2.57. The van der Waals surface area contributed by atoms with Gasteiger partial charge >= 0.3 is 6.18 Å². The smallest absolute Gasteiger partial charge is 0.322 e.